The minimum Gasteiger partial charge on any atom is -0.378 e. The van der Waals surface area contributed by atoms with Crippen LogP contribution in [0.3, 0.4) is 0 Å². The van der Waals surface area contributed by atoms with Gasteiger partial charge < -0.3 is 15.0 Å². The first kappa shape index (κ1) is 18.7. The van der Waals surface area contributed by atoms with Crippen LogP contribution in [0.1, 0.15) is 6.92 Å². The Labute approximate surface area is 168 Å². The number of aromatic nitrogens is 2. The number of rotatable bonds is 5. The number of thioether (sulfide) groups is 1. The fourth-order valence-corrected chi connectivity index (χ4v) is 4.02. The van der Waals surface area contributed by atoms with Gasteiger partial charge in [-0.05, 0) is 37.3 Å². The third-order valence-corrected chi connectivity index (χ3v) is 5.79. The summed E-state index contributed by atoms with van der Waals surface area (Å²) in [4.78, 5) is 23.6. The Morgan fingerprint density at radius 3 is 2.64 bits per heavy atom. The molecule has 28 heavy (non-hydrogen) atoms. The lowest BCUT2D eigenvalue weighted by atomic mass is 10.2. The molecule has 144 valence electrons. The van der Waals surface area contributed by atoms with E-state index in [0.29, 0.717) is 0 Å². The molecule has 1 fully saturated rings. The van der Waals surface area contributed by atoms with Crippen molar-refractivity contribution in [1.29, 1.82) is 0 Å². The maximum Gasteiger partial charge on any atom is 0.237 e. The topological polar surface area (TPSA) is 67.4 Å². The van der Waals surface area contributed by atoms with Crippen LogP contribution >= 0.6 is 11.8 Å². The van der Waals surface area contributed by atoms with Gasteiger partial charge in [0.15, 0.2) is 0 Å². The molecule has 0 bridgehead atoms. The van der Waals surface area contributed by atoms with Gasteiger partial charge in [0, 0.05) is 29.9 Å². The van der Waals surface area contributed by atoms with Gasteiger partial charge >= 0.3 is 0 Å². The Morgan fingerprint density at radius 2 is 1.86 bits per heavy atom. The van der Waals surface area contributed by atoms with Crippen LogP contribution in [0.2, 0.25) is 0 Å². The first-order valence-corrected chi connectivity index (χ1v) is 10.2. The highest BCUT2D eigenvalue weighted by molar-refractivity contribution is 8.00. The first-order valence-electron chi connectivity index (χ1n) is 9.31. The van der Waals surface area contributed by atoms with Gasteiger partial charge in [-0.25, -0.2) is 9.97 Å². The Balaban J connectivity index is 1.40. The molecule has 1 saturated heterocycles. The van der Waals surface area contributed by atoms with E-state index in [-0.39, 0.29) is 11.2 Å². The van der Waals surface area contributed by atoms with Gasteiger partial charge in [0.1, 0.15) is 11.4 Å². The molecular weight excluding hydrogens is 372 g/mol. The lowest BCUT2D eigenvalue weighted by Gasteiger charge is -2.28. The van der Waals surface area contributed by atoms with Crippen molar-refractivity contribution in [1.82, 2.24) is 9.97 Å². The van der Waals surface area contributed by atoms with Crippen LogP contribution in [0.15, 0.2) is 59.9 Å². The highest BCUT2D eigenvalue weighted by Gasteiger charge is 2.17. The summed E-state index contributed by atoms with van der Waals surface area (Å²) in [6.07, 6.45) is 1.54. The maximum absolute atomic E-state index is 12.6. The van der Waals surface area contributed by atoms with Gasteiger partial charge in [-0.3, -0.25) is 4.79 Å². The Hall–Kier alpha value is -2.64. The van der Waals surface area contributed by atoms with Crippen molar-refractivity contribution in [2.45, 2.75) is 17.2 Å². The van der Waals surface area contributed by atoms with E-state index in [4.69, 9.17) is 4.74 Å². The van der Waals surface area contributed by atoms with E-state index in [1.54, 1.807) is 6.33 Å². The molecule has 2 heterocycles. The summed E-state index contributed by atoms with van der Waals surface area (Å²) in [6.45, 7) is 5.19. The molecule has 1 unspecified atom stereocenters. The van der Waals surface area contributed by atoms with Gasteiger partial charge in [0.2, 0.25) is 5.91 Å². The summed E-state index contributed by atoms with van der Waals surface area (Å²) in [6, 6.07) is 15.8. The van der Waals surface area contributed by atoms with E-state index in [0.717, 1.165) is 53.6 Å². The standard InChI is InChI=1S/C21H22N4O2S/c1-15(28-21-18-4-2-3-5-19(18)22-14-23-21)20(26)24-16-6-8-17(9-7-16)25-10-12-27-13-11-25/h2-9,14-15H,10-13H2,1H3,(H,24,26). The number of ether oxygens (including phenoxy) is 1. The van der Waals surface area contributed by atoms with Crippen molar-refractivity contribution in [3.63, 3.8) is 0 Å². The van der Waals surface area contributed by atoms with E-state index in [2.05, 4.69) is 20.2 Å². The van der Waals surface area contributed by atoms with Crippen molar-refractivity contribution < 1.29 is 9.53 Å². The van der Waals surface area contributed by atoms with Crippen LogP contribution in [0.5, 0.6) is 0 Å². The first-order chi connectivity index (χ1) is 13.7. The Morgan fingerprint density at radius 1 is 1.11 bits per heavy atom. The number of nitrogens with zero attached hydrogens (tertiary/aromatic N) is 3. The summed E-state index contributed by atoms with van der Waals surface area (Å²) in [5, 5.41) is 4.49. The monoisotopic (exact) mass is 394 g/mol. The molecule has 1 atom stereocenters. The molecule has 0 spiro atoms. The molecule has 1 amide bonds. The van der Waals surface area contributed by atoms with Crippen molar-refractivity contribution in [3.8, 4) is 0 Å². The highest BCUT2D eigenvalue weighted by Crippen LogP contribution is 2.28. The third-order valence-electron chi connectivity index (χ3n) is 4.67. The largest absolute Gasteiger partial charge is 0.378 e. The molecule has 4 rings (SSSR count). The van der Waals surface area contributed by atoms with Crippen molar-refractivity contribution in [2.75, 3.05) is 36.5 Å². The van der Waals surface area contributed by atoms with Crippen molar-refractivity contribution in [3.05, 3.63) is 54.9 Å². The van der Waals surface area contributed by atoms with E-state index >= 15 is 0 Å². The normalized spacial score (nSPS) is 15.4. The molecule has 7 heteroatoms. The number of carbonyl (C=O) groups excluding carboxylic acids is 1. The molecule has 0 aliphatic carbocycles. The molecule has 0 radical (unpaired) electrons. The molecule has 1 N–H and O–H groups in total. The molecular formula is C21H22N4O2S. The smallest absolute Gasteiger partial charge is 0.237 e. The molecule has 1 aromatic heterocycles. The SMILES string of the molecule is CC(Sc1ncnc2ccccc12)C(=O)Nc1ccc(N2CCOCC2)cc1. The Kier molecular flexibility index (Phi) is 5.73. The summed E-state index contributed by atoms with van der Waals surface area (Å²) >= 11 is 1.44. The van der Waals surface area contributed by atoms with Gasteiger partial charge in [-0.2, -0.15) is 0 Å². The van der Waals surface area contributed by atoms with E-state index in [9.17, 15) is 4.79 Å². The number of morpholine rings is 1. The van der Waals surface area contributed by atoms with Crippen LogP contribution in [-0.2, 0) is 9.53 Å². The fourth-order valence-electron chi connectivity index (χ4n) is 3.12. The van der Waals surface area contributed by atoms with E-state index < -0.39 is 0 Å². The number of amides is 1. The number of fused-ring (bicyclic) bond motifs is 1. The minimum absolute atomic E-state index is 0.0492. The van der Waals surface area contributed by atoms with Crippen molar-refractivity contribution >= 4 is 39.9 Å². The minimum atomic E-state index is -0.280. The van der Waals surface area contributed by atoms with Crippen LogP contribution in [0.25, 0.3) is 10.9 Å². The van der Waals surface area contributed by atoms with Crippen LogP contribution in [0, 0.1) is 0 Å². The number of nitrogens with one attached hydrogen (secondary N) is 1. The number of hydrogen-bond acceptors (Lipinski definition) is 6. The van der Waals surface area contributed by atoms with Crippen LogP contribution in [0.4, 0.5) is 11.4 Å². The molecule has 0 saturated carbocycles. The lowest BCUT2D eigenvalue weighted by Crippen LogP contribution is -2.36. The zero-order valence-electron chi connectivity index (χ0n) is 15.7. The van der Waals surface area contributed by atoms with Crippen LogP contribution in [-0.4, -0.2) is 47.4 Å². The third kappa shape index (κ3) is 4.26. The highest BCUT2D eigenvalue weighted by atomic mass is 32.2. The fraction of sp³-hybridized carbons (Fsp3) is 0.286. The average Bonchev–Trinajstić information content (AvgIpc) is 2.75. The summed E-state index contributed by atoms with van der Waals surface area (Å²) in [7, 11) is 0. The van der Waals surface area contributed by atoms with Gasteiger partial charge in [-0.1, -0.05) is 30.0 Å². The zero-order valence-corrected chi connectivity index (χ0v) is 16.5. The Bertz CT molecular complexity index is 953. The van der Waals surface area contributed by atoms with Gasteiger partial charge in [0.25, 0.3) is 0 Å². The number of benzene rings is 2. The number of hydrogen-bond donors (Lipinski definition) is 1. The average molecular weight is 395 g/mol. The second-order valence-corrected chi connectivity index (χ2v) is 7.92. The second kappa shape index (κ2) is 8.58. The van der Waals surface area contributed by atoms with Gasteiger partial charge in [0.05, 0.1) is 24.0 Å². The maximum atomic E-state index is 12.6. The molecule has 1 aliphatic rings. The molecule has 6 nitrogen and oxygen atoms in total. The quantitative estimate of drug-likeness (QED) is 0.527. The lowest BCUT2D eigenvalue weighted by molar-refractivity contribution is -0.115. The summed E-state index contributed by atoms with van der Waals surface area (Å²) in [5.74, 6) is -0.0492. The van der Waals surface area contributed by atoms with Crippen LogP contribution < -0.4 is 10.2 Å². The number of para-hydroxylation sites is 1. The number of anilines is 2. The van der Waals surface area contributed by atoms with E-state index in [1.165, 1.54) is 11.8 Å². The summed E-state index contributed by atoms with van der Waals surface area (Å²) < 4.78 is 5.39. The molecule has 3 aromatic rings. The summed E-state index contributed by atoms with van der Waals surface area (Å²) in [5.41, 5.74) is 2.82. The van der Waals surface area contributed by atoms with Gasteiger partial charge in [-0.15, -0.1) is 0 Å². The molecule has 2 aromatic carbocycles. The van der Waals surface area contributed by atoms with E-state index in [1.807, 2.05) is 55.5 Å². The predicted octanol–water partition coefficient (Wildman–Crippen LogP) is 3.59. The molecule has 1 aliphatic heterocycles. The predicted molar refractivity (Wildman–Crippen MR) is 113 cm³/mol. The van der Waals surface area contributed by atoms with Crippen molar-refractivity contribution in [2.24, 2.45) is 0 Å². The number of carbonyl (C=O) groups is 1. The second-order valence-electron chi connectivity index (χ2n) is 6.59. The zero-order chi connectivity index (χ0) is 19.3.